The first-order chi connectivity index (χ1) is 8.99. The number of hydrogen-bond acceptors (Lipinski definition) is 3. The molecule has 0 saturated carbocycles. The zero-order valence-corrected chi connectivity index (χ0v) is 12.5. The lowest BCUT2D eigenvalue weighted by molar-refractivity contribution is 0.0897. The molecule has 2 aromatic rings. The van der Waals surface area contributed by atoms with E-state index in [1.165, 1.54) is 23.5 Å². The van der Waals surface area contributed by atoms with Crippen LogP contribution in [0.1, 0.15) is 26.5 Å². The van der Waals surface area contributed by atoms with Crippen molar-refractivity contribution in [2.45, 2.75) is 6.42 Å². The zero-order valence-electron chi connectivity index (χ0n) is 9.45. The quantitative estimate of drug-likeness (QED) is 0.572. The summed E-state index contributed by atoms with van der Waals surface area (Å²) in [5.41, 5.74) is 0.137. The van der Waals surface area contributed by atoms with Crippen LogP contribution in [0.25, 0.3) is 0 Å². The van der Waals surface area contributed by atoms with E-state index in [9.17, 15) is 9.59 Å². The van der Waals surface area contributed by atoms with Crippen molar-refractivity contribution in [3.63, 3.8) is 0 Å². The van der Waals surface area contributed by atoms with Crippen LogP contribution in [0.2, 0.25) is 15.1 Å². The molecule has 0 saturated heterocycles. The Bertz CT molecular complexity index is 612. The summed E-state index contributed by atoms with van der Waals surface area (Å²) < 4.78 is 0. The van der Waals surface area contributed by atoms with Crippen molar-refractivity contribution in [3.8, 4) is 0 Å². The summed E-state index contributed by atoms with van der Waals surface area (Å²) in [4.78, 5) is 24.5. The fourth-order valence-corrected chi connectivity index (χ4v) is 3.26. The van der Waals surface area contributed by atoms with Crippen molar-refractivity contribution in [2.75, 3.05) is 0 Å². The lowest BCUT2D eigenvalue weighted by atomic mass is 10.1. The predicted molar refractivity (Wildman–Crippen MR) is 79.1 cm³/mol. The molecule has 1 heterocycles. The summed E-state index contributed by atoms with van der Waals surface area (Å²) in [6.07, 6.45) is -0.262. The molecule has 0 aliphatic carbocycles. The van der Waals surface area contributed by atoms with Gasteiger partial charge in [-0.05, 0) is 23.6 Å². The van der Waals surface area contributed by atoms with Gasteiger partial charge in [0.15, 0.2) is 11.6 Å². The molecule has 2 nitrogen and oxygen atoms in total. The zero-order chi connectivity index (χ0) is 14.0. The van der Waals surface area contributed by atoms with Gasteiger partial charge in [-0.3, -0.25) is 9.59 Å². The van der Waals surface area contributed by atoms with Crippen LogP contribution in [0, 0.1) is 0 Å². The monoisotopic (exact) mass is 332 g/mol. The van der Waals surface area contributed by atoms with Crippen molar-refractivity contribution in [3.05, 3.63) is 55.2 Å². The first-order valence-corrected chi connectivity index (χ1v) is 7.25. The Labute approximate surface area is 128 Å². The van der Waals surface area contributed by atoms with Crippen LogP contribution >= 0.6 is 46.1 Å². The van der Waals surface area contributed by atoms with Crippen molar-refractivity contribution in [2.24, 2.45) is 0 Å². The van der Waals surface area contributed by atoms with Crippen LogP contribution in [-0.2, 0) is 0 Å². The number of ketones is 2. The third-order valence-corrected chi connectivity index (χ3v) is 4.13. The Morgan fingerprint density at radius 1 is 1.05 bits per heavy atom. The molecule has 0 N–H and O–H groups in total. The smallest absolute Gasteiger partial charge is 0.180 e. The molecule has 0 radical (unpaired) electrons. The molecule has 0 atom stereocenters. The van der Waals surface area contributed by atoms with Crippen LogP contribution in [0.15, 0.2) is 29.6 Å². The molecule has 0 amide bonds. The Kier molecular flexibility index (Phi) is 4.63. The SMILES string of the molecule is O=C(CC(=O)c1c(Cl)cc(Cl)cc1Cl)c1cccs1. The fourth-order valence-electron chi connectivity index (χ4n) is 1.57. The predicted octanol–water partition coefficient (Wildman–Crippen LogP) is 5.16. The summed E-state index contributed by atoms with van der Waals surface area (Å²) in [6.45, 7) is 0. The summed E-state index contributed by atoms with van der Waals surface area (Å²) in [7, 11) is 0. The standard InChI is InChI=1S/C13H7Cl3O2S/c14-7-4-8(15)13(9(16)5-7)11(18)6-10(17)12-2-1-3-19-12/h1-5H,6H2. The molecule has 98 valence electrons. The highest BCUT2D eigenvalue weighted by Gasteiger charge is 2.20. The first kappa shape index (κ1) is 14.5. The van der Waals surface area contributed by atoms with Gasteiger partial charge in [0.1, 0.15) is 0 Å². The molecule has 0 aliphatic heterocycles. The summed E-state index contributed by atoms with van der Waals surface area (Å²) in [6, 6.07) is 6.28. The highest BCUT2D eigenvalue weighted by Crippen LogP contribution is 2.30. The summed E-state index contributed by atoms with van der Waals surface area (Å²) in [5.74, 6) is -0.660. The third-order valence-electron chi connectivity index (χ3n) is 2.40. The number of halogens is 3. The number of carbonyl (C=O) groups excluding carboxylic acids is 2. The molecule has 2 rings (SSSR count). The Morgan fingerprint density at radius 2 is 1.68 bits per heavy atom. The minimum atomic E-state index is -0.412. The normalized spacial score (nSPS) is 10.5. The van der Waals surface area contributed by atoms with E-state index in [4.69, 9.17) is 34.8 Å². The number of thiophene rings is 1. The topological polar surface area (TPSA) is 34.1 Å². The van der Waals surface area contributed by atoms with E-state index < -0.39 is 5.78 Å². The molecular formula is C13H7Cl3O2S. The number of carbonyl (C=O) groups is 2. The van der Waals surface area contributed by atoms with E-state index in [1.54, 1.807) is 17.5 Å². The number of benzene rings is 1. The summed E-state index contributed by atoms with van der Waals surface area (Å²) >= 11 is 18.9. The van der Waals surface area contributed by atoms with E-state index >= 15 is 0 Å². The Morgan fingerprint density at radius 3 is 2.21 bits per heavy atom. The molecule has 6 heteroatoms. The lowest BCUT2D eigenvalue weighted by Gasteiger charge is -2.06. The van der Waals surface area contributed by atoms with Crippen molar-refractivity contribution in [1.29, 1.82) is 0 Å². The van der Waals surface area contributed by atoms with E-state index in [2.05, 4.69) is 0 Å². The maximum absolute atomic E-state index is 12.1. The van der Waals surface area contributed by atoms with Crippen LogP contribution in [-0.4, -0.2) is 11.6 Å². The van der Waals surface area contributed by atoms with Crippen LogP contribution in [0.3, 0.4) is 0 Å². The van der Waals surface area contributed by atoms with Crippen molar-refractivity contribution < 1.29 is 9.59 Å². The largest absolute Gasteiger partial charge is 0.294 e. The molecule has 19 heavy (non-hydrogen) atoms. The number of rotatable bonds is 4. The van der Waals surface area contributed by atoms with Gasteiger partial charge in [-0.2, -0.15) is 0 Å². The highest BCUT2D eigenvalue weighted by molar-refractivity contribution is 7.12. The van der Waals surface area contributed by atoms with E-state index in [0.29, 0.717) is 9.90 Å². The van der Waals surface area contributed by atoms with E-state index in [1.807, 2.05) is 0 Å². The van der Waals surface area contributed by atoms with Crippen LogP contribution < -0.4 is 0 Å². The number of Topliss-reactive ketones (excluding diaryl/α,β-unsaturated/α-hetero) is 2. The van der Waals surface area contributed by atoms with E-state index in [-0.39, 0.29) is 27.8 Å². The van der Waals surface area contributed by atoms with Gasteiger partial charge in [-0.25, -0.2) is 0 Å². The molecule has 0 unspecified atom stereocenters. The first-order valence-electron chi connectivity index (χ1n) is 5.23. The third kappa shape index (κ3) is 3.37. The summed E-state index contributed by atoms with van der Waals surface area (Å²) in [5, 5.41) is 2.43. The second-order valence-corrected chi connectivity index (χ2v) is 5.94. The van der Waals surface area contributed by atoms with Gasteiger partial charge in [-0.15, -0.1) is 11.3 Å². The number of hydrogen-bond donors (Lipinski definition) is 0. The molecule has 0 bridgehead atoms. The van der Waals surface area contributed by atoms with Crippen LogP contribution in [0.5, 0.6) is 0 Å². The van der Waals surface area contributed by atoms with Gasteiger partial charge in [0, 0.05) is 5.02 Å². The van der Waals surface area contributed by atoms with Gasteiger partial charge in [-0.1, -0.05) is 40.9 Å². The maximum Gasteiger partial charge on any atom is 0.180 e. The highest BCUT2D eigenvalue weighted by atomic mass is 35.5. The van der Waals surface area contributed by atoms with Crippen molar-refractivity contribution in [1.82, 2.24) is 0 Å². The minimum absolute atomic E-state index is 0.137. The molecule has 1 aromatic heterocycles. The second-order valence-electron chi connectivity index (χ2n) is 3.74. The van der Waals surface area contributed by atoms with Gasteiger partial charge in [0.25, 0.3) is 0 Å². The molecular weight excluding hydrogens is 327 g/mol. The Balaban J connectivity index is 2.24. The average Bonchev–Trinajstić information content (AvgIpc) is 2.80. The van der Waals surface area contributed by atoms with Gasteiger partial charge >= 0.3 is 0 Å². The van der Waals surface area contributed by atoms with Gasteiger partial charge < -0.3 is 0 Å². The van der Waals surface area contributed by atoms with Crippen molar-refractivity contribution >= 4 is 57.7 Å². The van der Waals surface area contributed by atoms with Gasteiger partial charge in [0.2, 0.25) is 0 Å². The lowest BCUT2D eigenvalue weighted by Crippen LogP contribution is -2.08. The minimum Gasteiger partial charge on any atom is -0.294 e. The molecule has 0 fully saturated rings. The second kappa shape index (κ2) is 6.06. The van der Waals surface area contributed by atoms with Crippen LogP contribution in [0.4, 0.5) is 0 Å². The van der Waals surface area contributed by atoms with E-state index in [0.717, 1.165) is 0 Å². The molecule has 0 spiro atoms. The molecule has 0 aliphatic rings. The Hall–Kier alpha value is -0.870. The fraction of sp³-hybridized carbons (Fsp3) is 0.0769. The molecule has 1 aromatic carbocycles. The average molecular weight is 334 g/mol. The maximum atomic E-state index is 12.1. The van der Waals surface area contributed by atoms with Gasteiger partial charge in [0.05, 0.1) is 26.9 Å².